The van der Waals surface area contributed by atoms with Crippen LogP contribution in [0.3, 0.4) is 0 Å². The highest BCUT2D eigenvalue weighted by atomic mass is 16.2. The molecule has 0 saturated carbocycles. The summed E-state index contributed by atoms with van der Waals surface area (Å²) in [4.78, 5) is 23.4. The lowest BCUT2D eigenvalue weighted by Gasteiger charge is -2.32. The average Bonchev–Trinajstić information content (AvgIpc) is 2.03. The van der Waals surface area contributed by atoms with Gasteiger partial charge in [0.15, 0.2) is 0 Å². The maximum absolute atomic E-state index is 11.4. The Bertz CT molecular complexity index is 180. The smallest absolute Gasteiger partial charge is 0.240 e. The zero-order chi connectivity index (χ0) is 9.78. The van der Waals surface area contributed by atoms with Gasteiger partial charge in [0.1, 0.15) is 11.8 Å². The van der Waals surface area contributed by atoms with Crippen molar-refractivity contribution in [3.63, 3.8) is 0 Å². The first kappa shape index (κ1) is 11.1. The van der Waals surface area contributed by atoms with Crippen molar-refractivity contribution in [2.45, 2.75) is 18.9 Å². The highest BCUT2D eigenvalue weighted by Gasteiger charge is 2.34. The van der Waals surface area contributed by atoms with E-state index < -0.39 is 5.54 Å². The summed E-state index contributed by atoms with van der Waals surface area (Å²) >= 11 is 0. The van der Waals surface area contributed by atoms with E-state index in [4.69, 9.17) is 0 Å². The Kier molecular flexibility index (Phi) is 3.89. The van der Waals surface area contributed by atoms with E-state index in [0.29, 0.717) is 0 Å². The van der Waals surface area contributed by atoms with Crippen LogP contribution < -0.4 is 5.32 Å². The minimum atomic E-state index is -0.726. The lowest BCUT2D eigenvalue weighted by molar-refractivity contribution is -0.133. The summed E-state index contributed by atoms with van der Waals surface area (Å²) in [7, 11) is 5.12. The van der Waals surface area contributed by atoms with Crippen molar-refractivity contribution in [2.24, 2.45) is 0 Å². The molecular weight excluding hydrogens is 156 g/mol. The second-order valence-corrected chi connectivity index (χ2v) is 3.12. The van der Waals surface area contributed by atoms with Crippen LogP contribution in [0.2, 0.25) is 0 Å². The van der Waals surface area contributed by atoms with Crippen LogP contribution in [0.5, 0.6) is 0 Å². The van der Waals surface area contributed by atoms with E-state index in [1.807, 2.05) is 0 Å². The molecule has 0 spiro atoms. The Hall–Kier alpha value is -0.900. The molecule has 0 aliphatic heterocycles. The second-order valence-electron chi connectivity index (χ2n) is 3.12. The quantitative estimate of drug-likeness (QED) is 0.589. The van der Waals surface area contributed by atoms with Gasteiger partial charge in [-0.05, 0) is 21.0 Å². The molecule has 0 radical (unpaired) electrons. The molecule has 0 bridgehead atoms. The minimum Gasteiger partial charge on any atom is -0.358 e. The van der Waals surface area contributed by atoms with Gasteiger partial charge in [-0.1, -0.05) is 0 Å². The maximum atomic E-state index is 11.4. The molecule has 0 aliphatic carbocycles. The molecule has 4 heteroatoms. The summed E-state index contributed by atoms with van der Waals surface area (Å²) in [5.41, 5.74) is -0.726. The van der Waals surface area contributed by atoms with Crippen LogP contribution in [-0.2, 0) is 9.59 Å². The molecule has 0 aromatic rings. The third-order valence-electron chi connectivity index (χ3n) is 2.18. The molecule has 70 valence electrons. The second kappa shape index (κ2) is 4.21. The molecule has 0 rings (SSSR count). The van der Waals surface area contributed by atoms with Gasteiger partial charge in [0, 0.05) is 13.5 Å². The predicted molar refractivity (Wildman–Crippen MR) is 46.8 cm³/mol. The normalized spacial score (nSPS) is 15.4. The van der Waals surface area contributed by atoms with Gasteiger partial charge in [-0.25, -0.2) is 0 Å². The molecule has 0 fully saturated rings. The summed E-state index contributed by atoms with van der Waals surface area (Å²) in [5, 5.41) is 2.53. The Morgan fingerprint density at radius 2 is 2.08 bits per heavy atom. The monoisotopic (exact) mass is 172 g/mol. The maximum Gasteiger partial charge on any atom is 0.240 e. The van der Waals surface area contributed by atoms with Crippen LogP contribution in [0.15, 0.2) is 0 Å². The minimum absolute atomic E-state index is 0.139. The van der Waals surface area contributed by atoms with Crippen LogP contribution in [0.1, 0.15) is 13.3 Å². The third kappa shape index (κ3) is 2.04. The number of hydrogen-bond donors (Lipinski definition) is 1. The van der Waals surface area contributed by atoms with Gasteiger partial charge in [-0.3, -0.25) is 9.69 Å². The van der Waals surface area contributed by atoms with E-state index in [2.05, 4.69) is 5.32 Å². The Labute approximate surface area is 72.9 Å². The van der Waals surface area contributed by atoms with Gasteiger partial charge >= 0.3 is 0 Å². The Balaban J connectivity index is 4.60. The zero-order valence-corrected chi connectivity index (χ0v) is 8.05. The Morgan fingerprint density at radius 1 is 1.58 bits per heavy atom. The molecule has 12 heavy (non-hydrogen) atoms. The van der Waals surface area contributed by atoms with Crippen LogP contribution in [0.25, 0.3) is 0 Å². The van der Waals surface area contributed by atoms with Crippen LogP contribution in [-0.4, -0.2) is 43.8 Å². The number of carbonyl (C=O) groups is 2. The van der Waals surface area contributed by atoms with E-state index >= 15 is 0 Å². The number of amides is 1. The lowest BCUT2D eigenvalue weighted by atomic mass is 9.96. The first-order chi connectivity index (χ1) is 5.49. The van der Waals surface area contributed by atoms with Crippen molar-refractivity contribution in [1.29, 1.82) is 0 Å². The molecule has 1 N–H and O–H groups in total. The van der Waals surface area contributed by atoms with Crippen molar-refractivity contribution < 1.29 is 9.59 Å². The summed E-state index contributed by atoms with van der Waals surface area (Å²) in [6.45, 7) is 1.74. The van der Waals surface area contributed by atoms with Crippen molar-refractivity contribution in [2.75, 3.05) is 21.1 Å². The molecule has 0 aliphatic rings. The third-order valence-corrected chi connectivity index (χ3v) is 2.18. The molecular formula is C8H16N2O2. The fraction of sp³-hybridized carbons (Fsp3) is 0.750. The number of likely N-dealkylation sites (N-methyl/N-ethyl adjacent to an activating group) is 2. The molecule has 1 amide bonds. The van der Waals surface area contributed by atoms with Gasteiger partial charge in [0.05, 0.1) is 0 Å². The van der Waals surface area contributed by atoms with E-state index in [1.54, 1.807) is 33.0 Å². The number of nitrogens with one attached hydrogen (secondary N) is 1. The number of nitrogens with zero attached hydrogens (tertiary/aromatic N) is 1. The highest BCUT2D eigenvalue weighted by molar-refractivity contribution is 5.87. The van der Waals surface area contributed by atoms with E-state index in [9.17, 15) is 9.59 Å². The lowest BCUT2D eigenvalue weighted by Crippen LogP contribution is -2.53. The van der Waals surface area contributed by atoms with Crippen molar-refractivity contribution in [3.8, 4) is 0 Å². The van der Waals surface area contributed by atoms with Gasteiger partial charge in [-0.2, -0.15) is 0 Å². The first-order valence-corrected chi connectivity index (χ1v) is 3.82. The van der Waals surface area contributed by atoms with Gasteiger partial charge in [0.25, 0.3) is 0 Å². The topological polar surface area (TPSA) is 49.4 Å². The molecule has 0 saturated heterocycles. The highest BCUT2D eigenvalue weighted by Crippen LogP contribution is 2.14. The number of carbonyl (C=O) groups excluding carboxylic acids is 2. The predicted octanol–water partition coefficient (Wildman–Crippen LogP) is -0.358. The van der Waals surface area contributed by atoms with E-state index in [0.717, 1.165) is 6.29 Å². The number of rotatable bonds is 4. The van der Waals surface area contributed by atoms with Crippen LogP contribution in [0, 0.1) is 0 Å². The number of hydrogen-bond acceptors (Lipinski definition) is 3. The molecule has 4 nitrogen and oxygen atoms in total. The summed E-state index contributed by atoms with van der Waals surface area (Å²) in [6.07, 6.45) is 0.967. The van der Waals surface area contributed by atoms with E-state index in [1.165, 1.54) is 0 Å². The SMILES string of the molecule is CNC(=O)C(C)(CC=O)N(C)C. The van der Waals surface area contributed by atoms with Crippen molar-refractivity contribution in [1.82, 2.24) is 10.2 Å². The molecule has 0 heterocycles. The Morgan fingerprint density at radius 3 is 2.33 bits per heavy atom. The van der Waals surface area contributed by atoms with Gasteiger partial charge < -0.3 is 10.1 Å². The van der Waals surface area contributed by atoms with E-state index in [-0.39, 0.29) is 12.3 Å². The van der Waals surface area contributed by atoms with Crippen LogP contribution in [0.4, 0.5) is 0 Å². The average molecular weight is 172 g/mol. The largest absolute Gasteiger partial charge is 0.358 e. The number of aldehydes is 1. The van der Waals surface area contributed by atoms with Crippen molar-refractivity contribution in [3.05, 3.63) is 0 Å². The van der Waals surface area contributed by atoms with Crippen LogP contribution >= 0.6 is 0 Å². The molecule has 1 unspecified atom stereocenters. The summed E-state index contributed by atoms with van der Waals surface area (Å²) in [6, 6.07) is 0. The first-order valence-electron chi connectivity index (χ1n) is 3.82. The summed E-state index contributed by atoms with van der Waals surface area (Å²) < 4.78 is 0. The zero-order valence-electron chi connectivity index (χ0n) is 8.05. The summed E-state index contributed by atoms with van der Waals surface area (Å²) in [5.74, 6) is -0.139. The molecule has 0 aromatic heterocycles. The standard InChI is InChI=1S/C8H16N2O2/c1-8(5-6-11,10(3)4)7(12)9-2/h6H,5H2,1-4H3,(H,9,12). The van der Waals surface area contributed by atoms with Gasteiger partial charge in [-0.15, -0.1) is 0 Å². The fourth-order valence-electron chi connectivity index (χ4n) is 0.910. The molecule has 0 aromatic carbocycles. The van der Waals surface area contributed by atoms with Crippen molar-refractivity contribution >= 4 is 12.2 Å². The van der Waals surface area contributed by atoms with Gasteiger partial charge in [0.2, 0.25) is 5.91 Å². The fourth-order valence-corrected chi connectivity index (χ4v) is 0.910. The molecule has 1 atom stereocenters.